The second-order valence-corrected chi connectivity index (χ2v) is 17.5. The van der Waals surface area contributed by atoms with Crippen molar-refractivity contribution in [2.45, 2.75) is 12.3 Å². The lowest BCUT2D eigenvalue weighted by Crippen LogP contribution is -2.55. The van der Waals surface area contributed by atoms with Crippen LogP contribution in [0.4, 0.5) is 0 Å². The summed E-state index contributed by atoms with van der Waals surface area (Å²) in [6.07, 6.45) is 6.03. The molecule has 7 aromatic carbocycles. The van der Waals surface area contributed by atoms with Crippen molar-refractivity contribution in [2.75, 3.05) is 0 Å². The Balaban J connectivity index is 1.26. The number of nitrogens with zero attached hydrogens (tertiary/aromatic N) is 4. The van der Waals surface area contributed by atoms with E-state index in [0.717, 1.165) is 55.3 Å². The topological polar surface area (TPSA) is 27.2 Å². The number of aromatic nitrogens is 4. The molecule has 2 aliphatic carbocycles. The second kappa shape index (κ2) is 14.5. The van der Waals surface area contributed by atoms with E-state index in [1.165, 1.54) is 0 Å². The number of fused-ring (bicyclic) bond motifs is 15. The molecule has 68 heavy (non-hydrogen) atoms. The molecule has 0 fully saturated rings. The fourth-order valence-electron chi connectivity index (χ4n) is 11.5. The summed E-state index contributed by atoms with van der Waals surface area (Å²) in [5.74, 6) is 3.28. The van der Waals surface area contributed by atoms with E-state index in [9.17, 15) is 0 Å². The number of imidazole rings is 2. The molecule has 10 aromatic rings. The minimum atomic E-state index is -1.75. The molecular formula is C51H19B13N4. The van der Waals surface area contributed by atoms with Crippen molar-refractivity contribution in [3.05, 3.63) is 130 Å². The van der Waals surface area contributed by atoms with E-state index in [-0.39, 0.29) is 71.0 Å². The van der Waals surface area contributed by atoms with Crippen LogP contribution in [0.25, 0.3) is 77.7 Å². The Morgan fingerprint density at radius 3 is 1.63 bits per heavy atom. The molecule has 0 N–H and O–H groups in total. The molecule has 17 heteroatoms. The third-order valence-corrected chi connectivity index (χ3v) is 14.4. The SMILES string of the molecule is [B]C(C#C)=C([B])C1=C(C)c2c(-n3c4ccccc4c4cc(-n5c6ccccc6n6c7ccccc7nc56)ccc43)c([B])c([B])c([B])c2C12c1c([B])c([B])c([B])c([B])c1-c1c([B])c([B])c([B])c([B])c12. The molecule has 2 aliphatic rings. The summed E-state index contributed by atoms with van der Waals surface area (Å²) >= 11 is 0. The molecule has 0 saturated carbocycles. The molecule has 1 spiro atoms. The van der Waals surface area contributed by atoms with Crippen molar-refractivity contribution in [2.24, 2.45) is 0 Å². The first-order valence-electron chi connectivity index (χ1n) is 21.5. The maximum atomic E-state index is 7.35. The van der Waals surface area contributed by atoms with Crippen LogP contribution in [0.2, 0.25) is 0 Å². The van der Waals surface area contributed by atoms with Gasteiger partial charge in [0.2, 0.25) is 5.78 Å². The molecule has 3 heterocycles. The molecule has 0 unspecified atom stereocenters. The Morgan fingerprint density at radius 1 is 0.515 bits per heavy atom. The molecule has 0 amide bonds. The van der Waals surface area contributed by atoms with Crippen molar-refractivity contribution >= 4 is 217 Å². The average Bonchev–Trinajstić information content (AvgIpc) is 4.12. The van der Waals surface area contributed by atoms with Crippen LogP contribution in [-0.2, 0) is 5.41 Å². The maximum absolute atomic E-state index is 7.35. The summed E-state index contributed by atoms with van der Waals surface area (Å²) in [7, 11) is 90.6. The quantitative estimate of drug-likeness (QED) is 0.144. The molecule has 0 aliphatic heterocycles. The van der Waals surface area contributed by atoms with Crippen molar-refractivity contribution < 1.29 is 0 Å². The Bertz CT molecular complexity index is 4100. The monoisotopic (exact) mass is 830 g/mol. The molecular weight excluding hydrogens is 809 g/mol. The van der Waals surface area contributed by atoms with Crippen LogP contribution < -0.4 is 60.1 Å². The largest absolute Gasteiger partial charge is 0.309 e. The van der Waals surface area contributed by atoms with Gasteiger partial charge in [-0.3, -0.25) is 8.97 Å². The summed E-state index contributed by atoms with van der Waals surface area (Å²) in [5.41, 5.74) is 8.34. The van der Waals surface area contributed by atoms with Crippen molar-refractivity contribution in [1.82, 2.24) is 18.5 Å². The first-order valence-corrected chi connectivity index (χ1v) is 21.5. The Hall–Kier alpha value is -6.51. The Kier molecular flexibility index (Phi) is 9.13. The van der Waals surface area contributed by atoms with E-state index in [1.54, 1.807) is 0 Å². The van der Waals surface area contributed by atoms with Gasteiger partial charge in [-0.25, -0.2) is 4.98 Å². The van der Waals surface area contributed by atoms with Crippen molar-refractivity contribution in [3.63, 3.8) is 0 Å². The van der Waals surface area contributed by atoms with Crippen LogP contribution in [0.15, 0.2) is 108 Å². The second-order valence-electron chi connectivity index (χ2n) is 17.5. The lowest BCUT2D eigenvalue weighted by molar-refractivity contribution is 0.800. The summed E-state index contributed by atoms with van der Waals surface area (Å²) in [4.78, 5) is 5.13. The van der Waals surface area contributed by atoms with Crippen LogP contribution in [0.1, 0.15) is 29.2 Å². The molecule has 4 nitrogen and oxygen atoms in total. The summed E-state index contributed by atoms with van der Waals surface area (Å²) in [6, 6.07) is 30.6. The average molecular weight is 828 g/mol. The molecule has 3 aromatic heterocycles. The number of benzene rings is 7. The number of allylic oxidation sites excluding steroid dienone is 4. The lowest BCUT2D eigenvalue weighted by atomic mass is 9.53. The van der Waals surface area contributed by atoms with Crippen LogP contribution in [0.5, 0.6) is 0 Å². The van der Waals surface area contributed by atoms with Gasteiger partial charge in [-0.2, -0.15) is 0 Å². The van der Waals surface area contributed by atoms with Gasteiger partial charge >= 0.3 is 0 Å². The highest BCUT2D eigenvalue weighted by Crippen LogP contribution is 2.61. The zero-order chi connectivity index (χ0) is 47.7. The minimum Gasteiger partial charge on any atom is -0.309 e. The third-order valence-electron chi connectivity index (χ3n) is 14.4. The van der Waals surface area contributed by atoms with Crippen LogP contribution >= 0.6 is 0 Å². The summed E-state index contributed by atoms with van der Waals surface area (Å²) in [6.45, 7) is 1.86. The number of para-hydroxylation sites is 5. The van der Waals surface area contributed by atoms with E-state index in [0.29, 0.717) is 50.2 Å². The molecule has 26 radical (unpaired) electrons. The van der Waals surface area contributed by atoms with E-state index >= 15 is 0 Å². The number of hydrogen-bond acceptors (Lipinski definition) is 1. The fraction of sp³-hybridized carbons (Fsp3) is 0.0392. The first-order chi connectivity index (χ1) is 32.6. The highest BCUT2D eigenvalue weighted by molar-refractivity contribution is 6.68. The number of hydrogen-bond donors (Lipinski definition) is 0. The van der Waals surface area contributed by atoms with E-state index in [2.05, 4.69) is 61.9 Å². The van der Waals surface area contributed by atoms with Gasteiger partial charge in [-0.1, -0.05) is 92.1 Å². The van der Waals surface area contributed by atoms with Crippen LogP contribution in [-0.4, -0.2) is 121 Å². The van der Waals surface area contributed by atoms with E-state index < -0.39 is 5.41 Å². The van der Waals surface area contributed by atoms with Gasteiger partial charge in [-0.15, -0.1) is 33.7 Å². The van der Waals surface area contributed by atoms with Gasteiger partial charge in [0.15, 0.2) is 0 Å². The van der Waals surface area contributed by atoms with Crippen LogP contribution in [0.3, 0.4) is 0 Å². The first kappa shape index (κ1) is 42.8. The van der Waals surface area contributed by atoms with E-state index in [4.69, 9.17) is 113 Å². The normalized spacial score (nSPS) is 14.1. The number of rotatable bonds is 3. The van der Waals surface area contributed by atoms with Gasteiger partial charge in [0, 0.05) is 27.7 Å². The Labute approximate surface area is 410 Å². The standard InChI is InChI=1S/C51H19B13N4/c1-3-23(52)37(53)33-19(2)30-34(51(33)35-31(38(54)43(59)45(61)41(35)57)32-36(51)42(58)46(62)44(60)39(32)55)40(56)47(63)48(64)49(30)67-25-12-6-4-10-21(25)22-18-20(16-17-26(22)67)66-28-14-8-9-15-29(28)68-27-13-7-5-11-24(27)65-50(66)68/h1,4-18H,2H3. The molecule has 282 valence electrons. The van der Waals surface area contributed by atoms with Gasteiger partial charge in [0.25, 0.3) is 0 Å². The van der Waals surface area contributed by atoms with E-state index in [1.807, 2.05) is 55.5 Å². The lowest BCUT2D eigenvalue weighted by Gasteiger charge is -2.40. The maximum Gasteiger partial charge on any atom is 0.220 e. The number of terminal acetylenes is 1. The van der Waals surface area contributed by atoms with Gasteiger partial charge in [0.1, 0.15) is 102 Å². The zero-order valence-electron chi connectivity index (χ0n) is 36.5. The van der Waals surface area contributed by atoms with Gasteiger partial charge in [-0.05, 0) is 94.4 Å². The fourth-order valence-corrected chi connectivity index (χ4v) is 11.5. The minimum absolute atomic E-state index is 0.00647. The van der Waals surface area contributed by atoms with Crippen molar-refractivity contribution in [1.29, 1.82) is 0 Å². The van der Waals surface area contributed by atoms with Crippen molar-refractivity contribution in [3.8, 4) is 34.8 Å². The third kappa shape index (κ3) is 5.01. The molecule has 0 saturated heterocycles. The molecule has 0 atom stereocenters. The predicted molar refractivity (Wildman–Crippen MR) is 295 cm³/mol. The smallest absolute Gasteiger partial charge is 0.220 e. The molecule has 12 rings (SSSR count). The van der Waals surface area contributed by atoms with Crippen LogP contribution in [0, 0.1) is 12.3 Å². The zero-order valence-corrected chi connectivity index (χ0v) is 36.5. The van der Waals surface area contributed by atoms with Gasteiger partial charge < -0.3 is 4.57 Å². The summed E-state index contributed by atoms with van der Waals surface area (Å²) < 4.78 is 6.41. The molecule has 0 bridgehead atoms. The Morgan fingerprint density at radius 2 is 1.01 bits per heavy atom. The predicted octanol–water partition coefficient (Wildman–Crippen LogP) is -2.46. The van der Waals surface area contributed by atoms with Gasteiger partial charge in [0.05, 0.1) is 38.5 Å². The highest BCUT2D eigenvalue weighted by Gasteiger charge is 2.56. The summed E-state index contributed by atoms with van der Waals surface area (Å²) in [5, 5.41) is 1.81. The highest BCUT2D eigenvalue weighted by atomic mass is 15.2.